The van der Waals surface area contributed by atoms with E-state index in [-0.39, 0.29) is 11.0 Å². The topological polar surface area (TPSA) is 53.6 Å². The van der Waals surface area contributed by atoms with Crippen molar-refractivity contribution in [2.24, 2.45) is 0 Å². The summed E-state index contributed by atoms with van der Waals surface area (Å²) in [7, 11) is 1.53. The number of hydrogen-bond donors (Lipinski definition) is 2. The summed E-state index contributed by atoms with van der Waals surface area (Å²) in [6.07, 6.45) is 3.77. The number of carbonyl (C=O) groups excluding carboxylic acids is 1. The van der Waals surface area contributed by atoms with Gasteiger partial charge in [-0.15, -0.1) is 0 Å². The van der Waals surface area contributed by atoms with Crippen molar-refractivity contribution in [2.45, 2.75) is 32.2 Å². The molecule has 7 heteroatoms. The van der Waals surface area contributed by atoms with Gasteiger partial charge in [-0.3, -0.25) is 10.1 Å². The first-order chi connectivity index (χ1) is 13.5. The molecule has 1 atom stereocenters. The van der Waals surface area contributed by atoms with Gasteiger partial charge in [0, 0.05) is 28.4 Å². The molecule has 1 fully saturated rings. The average Bonchev–Trinajstić information content (AvgIpc) is 2.69. The summed E-state index contributed by atoms with van der Waals surface area (Å²) < 4.78 is 6.04. The van der Waals surface area contributed by atoms with E-state index in [0.717, 1.165) is 16.7 Å². The van der Waals surface area contributed by atoms with Gasteiger partial charge in [-0.2, -0.15) is 0 Å². The highest BCUT2D eigenvalue weighted by atomic mass is 79.9. The number of anilines is 2. The minimum absolute atomic E-state index is 0.242. The van der Waals surface area contributed by atoms with Gasteiger partial charge in [0.05, 0.1) is 12.7 Å². The second-order valence-corrected chi connectivity index (χ2v) is 8.16. The van der Waals surface area contributed by atoms with E-state index in [4.69, 9.17) is 17.0 Å². The number of thiocarbonyl (C=S) groups is 1. The summed E-state index contributed by atoms with van der Waals surface area (Å²) in [4.78, 5) is 15.0. The molecule has 148 valence electrons. The fourth-order valence-corrected chi connectivity index (χ4v) is 3.98. The van der Waals surface area contributed by atoms with Crippen LogP contribution in [0.5, 0.6) is 5.75 Å². The molecule has 0 spiro atoms. The Morgan fingerprint density at radius 1 is 1.21 bits per heavy atom. The maximum absolute atomic E-state index is 12.5. The van der Waals surface area contributed by atoms with Gasteiger partial charge in [-0.25, -0.2) is 0 Å². The van der Waals surface area contributed by atoms with Crippen molar-refractivity contribution in [3.63, 3.8) is 0 Å². The average molecular weight is 462 g/mol. The number of methoxy groups -OCH3 is 1. The van der Waals surface area contributed by atoms with Crippen molar-refractivity contribution in [2.75, 3.05) is 23.9 Å². The van der Waals surface area contributed by atoms with Crippen molar-refractivity contribution < 1.29 is 9.53 Å². The molecule has 1 heterocycles. The van der Waals surface area contributed by atoms with E-state index in [9.17, 15) is 4.79 Å². The first-order valence-corrected chi connectivity index (χ1v) is 10.5. The van der Waals surface area contributed by atoms with Crippen LogP contribution in [-0.2, 0) is 0 Å². The van der Waals surface area contributed by atoms with Crippen molar-refractivity contribution >= 4 is 50.5 Å². The molecule has 5 nitrogen and oxygen atoms in total. The Bertz CT molecular complexity index is 857. The maximum atomic E-state index is 12.5. The van der Waals surface area contributed by atoms with E-state index in [1.807, 2.05) is 18.2 Å². The van der Waals surface area contributed by atoms with Crippen molar-refractivity contribution in [1.82, 2.24) is 5.32 Å². The highest BCUT2D eigenvalue weighted by Gasteiger charge is 2.18. The summed E-state index contributed by atoms with van der Waals surface area (Å²) in [6, 6.07) is 14.0. The van der Waals surface area contributed by atoms with Crippen LogP contribution in [0, 0.1) is 0 Å². The first-order valence-electron chi connectivity index (χ1n) is 9.30. The van der Waals surface area contributed by atoms with E-state index in [1.165, 1.54) is 32.1 Å². The zero-order valence-corrected chi connectivity index (χ0v) is 18.4. The third kappa shape index (κ3) is 5.02. The Hall–Kier alpha value is -2.12. The zero-order valence-electron chi connectivity index (χ0n) is 16.0. The van der Waals surface area contributed by atoms with Gasteiger partial charge in [0.25, 0.3) is 5.91 Å². The Kier molecular flexibility index (Phi) is 6.91. The van der Waals surface area contributed by atoms with Crippen molar-refractivity contribution in [3.8, 4) is 5.75 Å². The molecular weight excluding hydrogens is 438 g/mol. The molecule has 1 aliphatic heterocycles. The number of rotatable bonds is 4. The molecule has 1 amide bonds. The van der Waals surface area contributed by atoms with Crippen LogP contribution in [0.1, 0.15) is 36.5 Å². The van der Waals surface area contributed by atoms with Gasteiger partial charge in [-0.1, -0.05) is 15.9 Å². The second-order valence-electron chi connectivity index (χ2n) is 6.84. The summed E-state index contributed by atoms with van der Waals surface area (Å²) in [5.74, 6) is 0.165. The molecule has 0 radical (unpaired) electrons. The third-order valence-electron chi connectivity index (χ3n) is 4.89. The second kappa shape index (κ2) is 9.39. The van der Waals surface area contributed by atoms with Crippen LogP contribution in [-0.4, -0.2) is 30.7 Å². The number of carbonyl (C=O) groups is 1. The minimum Gasteiger partial charge on any atom is -0.496 e. The molecule has 0 saturated carbocycles. The summed E-state index contributed by atoms with van der Waals surface area (Å²) in [5, 5.41) is 6.01. The molecule has 0 aliphatic carbocycles. The maximum Gasteiger partial charge on any atom is 0.261 e. The van der Waals surface area contributed by atoms with Gasteiger partial charge < -0.3 is 15.0 Å². The number of piperidine rings is 1. The molecular formula is C21H24BrN3O2S. The van der Waals surface area contributed by atoms with Gasteiger partial charge in [0.2, 0.25) is 0 Å². The number of hydrogen-bond acceptors (Lipinski definition) is 4. The number of nitrogens with one attached hydrogen (secondary N) is 2. The predicted octanol–water partition coefficient (Wildman–Crippen LogP) is 4.96. The SMILES string of the molecule is COc1ccc(Br)cc1C(=O)NC(=S)Nc1ccc(N2CCCCC2C)cc1. The quantitative estimate of drug-likeness (QED) is 0.629. The highest BCUT2D eigenvalue weighted by molar-refractivity contribution is 9.10. The van der Waals surface area contributed by atoms with E-state index in [1.54, 1.807) is 12.1 Å². The van der Waals surface area contributed by atoms with Crippen molar-refractivity contribution in [3.05, 3.63) is 52.5 Å². The molecule has 0 aromatic heterocycles. The van der Waals surface area contributed by atoms with Crippen LogP contribution in [0.3, 0.4) is 0 Å². The molecule has 1 unspecified atom stereocenters. The molecule has 2 N–H and O–H groups in total. The van der Waals surface area contributed by atoms with Crippen molar-refractivity contribution in [1.29, 1.82) is 0 Å². The number of halogens is 1. The van der Waals surface area contributed by atoms with Gasteiger partial charge >= 0.3 is 0 Å². The summed E-state index contributed by atoms with van der Waals surface area (Å²) in [6.45, 7) is 3.36. The standard InChI is InChI=1S/C21H24BrN3O2S/c1-14-5-3-4-12-25(14)17-9-7-16(8-10-17)23-21(28)24-20(26)18-13-15(22)6-11-19(18)27-2/h6-11,13-14H,3-5,12H2,1-2H3,(H2,23,24,26,28). The lowest BCUT2D eigenvalue weighted by atomic mass is 10.0. The predicted molar refractivity (Wildman–Crippen MR) is 121 cm³/mol. The normalized spacial score (nSPS) is 16.4. The molecule has 1 aliphatic rings. The molecule has 1 saturated heterocycles. The Balaban J connectivity index is 1.62. The number of ether oxygens (including phenoxy) is 1. The monoisotopic (exact) mass is 461 g/mol. The lowest BCUT2D eigenvalue weighted by molar-refractivity contribution is 0.0974. The zero-order chi connectivity index (χ0) is 20.1. The fraction of sp³-hybridized carbons (Fsp3) is 0.333. The van der Waals surface area contributed by atoms with Crippen LogP contribution in [0.25, 0.3) is 0 Å². The van der Waals surface area contributed by atoms with E-state index in [2.05, 4.69) is 50.5 Å². The molecule has 0 bridgehead atoms. The van der Waals surface area contributed by atoms with Crippen LogP contribution in [0.15, 0.2) is 46.9 Å². The number of benzene rings is 2. The minimum atomic E-state index is -0.325. The molecule has 2 aromatic rings. The smallest absolute Gasteiger partial charge is 0.261 e. The van der Waals surface area contributed by atoms with Gasteiger partial charge in [0.15, 0.2) is 5.11 Å². The van der Waals surface area contributed by atoms with Gasteiger partial charge in [0.1, 0.15) is 5.75 Å². The Labute approximate surface area is 179 Å². The largest absolute Gasteiger partial charge is 0.496 e. The highest BCUT2D eigenvalue weighted by Crippen LogP contribution is 2.26. The summed E-state index contributed by atoms with van der Waals surface area (Å²) in [5.41, 5.74) is 2.46. The van der Waals surface area contributed by atoms with E-state index >= 15 is 0 Å². The van der Waals surface area contributed by atoms with Gasteiger partial charge in [-0.05, 0) is 80.9 Å². The Morgan fingerprint density at radius 3 is 2.64 bits per heavy atom. The van der Waals surface area contributed by atoms with Crippen LogP contribution in [0.2, 0.25) is 0 Å². The van der Waals surface area contributed by atoms with Crippen LogP contribution >= 0.6 is 28.1 Å². The fourth-order valence-electron chi connectivity index (χ4n) is 3.41. The van der Waals surface area contributed by atoms with E-state index in [0.29, 0.717) is 17.4 Å². The lowest BCUT2D eigenvalue weighted by Crippen LogP contribution is -2.37. The lowest BCUT2D eigenvalue weighted by Gasteiger charge is -2.35. The number of amides is 1. The molecule has 2 aromatic carbocycles. The van der Waals surface area contributed by atoms with E-state index < -0.39 is 0 Å². The first kappa shape index (κ1) is 20.6. The third-order valence-corrected chi connectivity index (χ3v) is 5.59. The Morgan fingerprint density at radius 2 is 1.96 bits per heavy atom. The van der Waals surface area contributed by atoms with Crippen LogP contribution < -0.4 is 20.3 Å². The number of nitrogens with zero attached hydrogens (tertiary/aromatic N) is 1. The molecule has 3 rings (SSSR count). The summed E-state index contributed by atoms with van der Waals surface area (Å²) >= 11 is 8.66. The molecule has 28 heavy (non-hydrogen) atoms. The van der Waals surface area contributed by atoms with Crippen LogP contribution in [0.4, 0.5) is 11.4 Å².